The maximum Gasteiger partial charge on any atom is 0.314 e. The molecule has 4 N–H and O–H groups in total. The van der Waals surface area contributed by atoms with Gasteiger partial charge in [0, 0.05) is 19.1 Å². The Morgan fingerprint density at radius 1 is 1.42 bits per heavy atom. The number of carbonyl (C=O) groups is 1. The summed E-state index contributed by atoms with van der Waals surface area (Å²) in [6.07, 6.45) is 1.86. The van der Waals surface area contributed by atoms with E-state index < -0.39 is 0 Å². The third-order valence-corrected chi connectivity index (χ3v) is 1.66. The van der Waals surface area contributed by atoms with Crippen molar-refractivity contribution < 1.29 is 4.79 Å². The predicted molar refractivity (Wildman–Crippen MR) is 49.9 cm³/mol. The SMILES string of the molecule is CNC(=O)NC(C)CCC(C)N. The quantitative estimate of drug-likeness (QED) is 0.577. The van der Waals surface area contributed by atoms with Gasteiger partial charge in [0.1, 0.15) is 0 Å². The fraction of sp³-hybridized carbons (Fsp3) is 0.875. The summed E-state index contributed by atoms with van der Waals surface area (Å²) < 4.78 is 0. The Hall–Kier alpha value is -0.770. The molecule has 4 heteroatoms. The lowest BCUT2D eigenvalue weighted by Gasteiger charge is -2.14. The molecule has 2 amide bonds. The molecule has 2 atom stereocenters. The van der Waals surface area contributed by atoms with E-state index in [2.05, 4.69) is 10.6 Å². The number of nitrogens with one attached hydrogen (secondary N) is 2. The van der Waals surface area contributed by atoms with Crippen LogP contribution in [0.3, 0.4) is 0 Å². The first kappa shape index (κ1) is 11.2. The van der Waals surface area contributed by atoms with Crippen molar-refractivity contribution in [3.63, 3.8) is 0 Å². The van der Waals surface area contributed by atoms with E-state index in [4.69, 9.17) is 5.73 Å². The average Bonchev–Trinajstić information content (AvgIpc) is 2.00. The number of amides is 2. The van der Waals surface area contributed by atoms with E-state index in [1.54, 1.807) is 7.05 Å². The van der Waals surface area contributed by atoms with E-state index in [9.17, 15) is 4.79 Å². The Labute approximate surface area is 73.9 Å². The van der Waals surface area contributed by atoms with Gasteiger partial charge < -0.3 is 16.4 Å². The molecule has 0 spiro atoms. The number of urea groups is 1. The molecule has 0 aromatic rings. The molecule has 0 aliphatic carbocycles. The zero-order valence-corrected chi connectivity index (χ0v) is 8.05. The van der Waals surface area contributed by atoms with Crippen LogP contribution in [0.5, 0.6) is 0 Å². The summed E-state index contributed by atoms with van der Waals surface area (Å²) in [6.45, 7) is 3.93. The average molecular weight is 173 g/mol. The minimum absolute atomic E-state index is 0.132. The van der Waals surface area contributed by atoms with Crippen LogP contribution in [0.2, 0.25) is 0 Å². The monoisotopic (exact) mass is 173 g/mol. The molecule has 0 rings (SSSR count). The van der Waals surface area contributed by atoms with Crippen molar-refractivity contribution in [1.82, 2.24) is 10.6 Å². The standard InChI is InChI=1S/C8H19N3O/c1-6(9)4-5-7(2)11-8(12)10-3/h6-7H,4-5,9H2,1-3H3,(H2,10,11,12). The summed E-state index contributed by atoms with van der Waals surface area (Å²) in [6, 6.07) is 0.266. The summed E-state index contributed by atoms with van der Waals surface area (Å²) in [5.74, 6) is 0. The predicted octanol–water partition coefficient (Wildman–Crippen LogP) is 0.431. The molecule has 0 aliphatic rings. The van der Waals surface area contributed by atoms with Gasteiger partial charge in [0.05, 0.1) is 0 Å². The largest absolute Gasteiger partial charge is 0.341 e. The van der Waals surface area contributed by atoms with Crippen LogP contribution in [0.4, 0.5) is 4.79 Å². The van der Waals surface area contributed by atoms with Crippen molar-refractivity contribution >= 4 is 6.03 Å². The van der Waals surface area contributed by atoms with Crippen LogP contribution in [0, 0.1) is 0 Å². The highest BCUT2D eigenvalue weighted by Crippen LogP contribution is 1.98. The third kappa shape index (κ3) is 5.97. The number of hydrogen-bond donors (Lipinski definition) is 3. The molecule has 0 heterocycles. The van der Waals surface area contributed by atoms with E-state index in [0.717, 1.165) is 12.8 Å². The lowest BCUT2D eigenvalue weighted by Crippen LogP contribution is -2.39. The molecule has 0 aromatic carbocycles. The van der Waals surface area contributed by atoms with Crippen molar-refractivity contribution in [3.8, 4) is 0 Å². The van der Waals surface area contributed by atoms with Gasteiger partial charge in [-0.25, -0.2) is 4.79 Å². The highest BCUT2D eigenvalue weighted by molar-refractivity contribution is 5.73. The van der Waals surface area contributed by atoms with E-state index >= 15 is 0 Å². The number of hydrogen-bond acceptors (Lipinski definition) is 2. The minimum Gasteiger partial charge on any atom is -0.341 e. The molecule has 0 aliphatic heterocycles. The zero-order chi connectivity index (χ0) is 9.56. The van der Waals surface area contributed by atoms with E-state index in [-0.39, 0.29) is 18.1 Å². The first-order valence-corrected chi connectivity index (χ1v) is 4.30. The summed E-state index contributed by atoms with van der Waals surface area (Å²) in [4.78, 5) is 10.8. The van der Waals surface area contributed by atoms with Crippen molar-refractivity contribution in [2.24, 2.45) is 5.73 Å². The first-order chi connectivity index (χ1) is 5.56. The van der Waals surface area contributed by atoms with Gasteiger partial charge >= 0.3 is 6.03 Å². The molecule has 0 fully saturated rings. The lowest BCUT2D eigenvalue weighted by atomic mass is 10.1. The van der Waals surface area contributed by atoms with Crippen LogP contribution in [-0.4, -0.2) is 25.2 Å². The van der Waals surface area contributed by atoms with Crippen LogP contribution < -0.4 is 16.4 Å². The van der Waals surface area contributed by atoms with Crippen molar-refractivity contribution in [2.75, 3.05) is 7.05 Å². The third-order valence-electron chi connectivity index (χ3n) is 1.66. The minimum atomic E-state index is -0.132. The summed E-state index contributed by atoms with van der Waals surface area (Å²) in [7, 11) is 1.60. The van der Waals surface area contributed by atoms with Crippen molar-refractivity contribution in [3.05, 3.63) is 0 Å². The second-order valence-corrected chi connectivity index (χ2v) is 3.18. The van der Waals surface area contributed by atoms with Gasteiger partial charge in [-0.2, -0.15) is 0 Å². The van der Waals surface area contributed by atoms with E-state index in [0.29, 0.717) is 0 Å². The lowest BCUT2D eigenvalue weighted by molar-refractivity contribution is 0.239. The topological polar surface area (TPSA) is 67.2 Å². The highest BCUT2D eigenvalue weighted by Gasteiger charge is 2.05. The second-order valence-electron chi connectivity index (χ2n) is 3.18. The summed E-state index contributed by atoms with van der Waals surface area (Å²) in [5.41, 5.74) is 5.58. The number of nitrogens with two attached hydrogens (primary N) is 1. The van der Waals surface area contributed by atoms with E-state index in [1.165, 1.54) is 0 Å². The van der Waals surface area contributed by atoms with Crippen LogP contribution >= 0.6 is 0 Å². The van der Waals surface area contributed by atoms with Crippen LogP contribution in [0.15, 0.2) is 0 Å². The molecule has 2 unspecified atom stereocenters. The van der Waals surface area contributed by atoms with Crippen LogP contribution in [-0.2, 0) is 0 Å². The molecule has 12 heavy (non-hydrogen) atoms. The fourth-order valence-electron chi connectivity index (χ4n) is 0.881. The molecule has 72 valence electrons. The Kier molecular flexibility index (Phi) is 5.45. The van der Waals surface area contributed by atoms with Crippen molar-refractivity contribution in [2.45, 2.75) is 38.8 Å². The Morgan fingerprint density at radius 3 is 2.42 bits per heavy atom. The number of carbonyl (C=O) groups excluding carboxylic acids is 1. The van der Waals surface area contributed by atoms with Gasteiger partial charge in [-0.3, -0.25) is 0 Å². The molecule has 0 saturated heterocycles. The molecular weight excluding hydrogens is 154 g/mol. The Bertz CT molecular complexity index is 136. The molecule has 0 bridgehead atoms. The maximum absolute atomic E-state index is 10.8. The smallest absolute Gasteiger partial charge is 0.314 e. The molecular formula is C8H19N3O. The normalized spacial score (nSPS) is 15.0. The van der Waals surface area contributed by atoms with Crippen molar-refractivity contribution in [1.29, 1.82) is 0 Å². The highest BCUT2D eigenvalue weighted by atomic mass is 16.2. The van der Waals surface area contributed by atoms with E-state index in [1.807, 2.05) is 13.8 Å². The van der Waals surface area contributed by atoms with Gasteiger partial charge in [-0.15, -0.1) is 0 Å². The first-order valence-electron chi connectivity index (χ1n) is 4.30. The van der Waals surface area contributed by atoms with Crippen LogP contribution in [0.1, 0.15) is 26.7 Å². The van der Waals surface area contributed by atoms with Gasteiger partial charge in [0.15, 0.2) is 0 Å². The van der Waals surface area contributed by atoms with Gasteiger partial charge in [0.2, 0.25) is 0 Å². The number of rotatable bonds is 4. The second kappa shape index (κ2) is 5.83. The van der Waals surface area contributed by atoms with Gasteiger partial charge in [-0.1, -0.05) is 0 Å². The van der Waals surface area contributed by atoms with Gasteiger partial charge in [-0.05, 0) is 26.7 Å². The molecule has 4 nitrogen and oxygen atoms in total. The maximum atomic E-state index is 10.8. The molecule has 0 aromatic heterocycles. The van der Waals surface area contributed by atoms with Gasteiger partial charge in [0.25, 0.3) is 0 Å². The summed E-state index contributed by atoms with van der Waals surface area (Å²) in [5, 5.41) is 5.28. The zero-order valence-electron chi connectivity index (χ0n) is 8.05. The fourth-order valence-corrected chi connectivity index (χ4v) is 0.881. The Balaban J connectivity index is 3.45. The molecule has 0 radical (unpaired) electrons. The molecule has 0 saturated carbocycles. The van der Waals surface area contributed by atoms with Crippen LogP contribution in [0.25, 0.3) is 0 Å². The summed E-state index contributed by atoms with van der Waals surface area (Å²) >= 11 is 0. The Morgan fingerprint density at radius 2 is 2.00 bits per heavy atom.